The molecule has 0 bridgehead atoms. The van der Waals surface area contributed by atoms with Crippen molar-refractivity contribution in [1.29, 1.82) is 0 Å². The Hall–Kier alpha value is -0.930. The maximum absolute atomic E-state index is 4.10. The summed E-state index contributed by atoms with van der Waals surface area (Å²) in [6, 6.07) is 4.91. The van der Waals surface area contributed by atoms with Gasteiger partial charge < -0.3 is 10.2 Å². The van der Waals surface area contributed by atoms with Crippen LogP contribution in [0.1, 0.15) is 25.3 Å². The van der Waals surface area contributed by atoms with Crippen LogP contribution in [0.2, 0.25) is 0 Å². The lowest BCUT2D eigenvalue weighted by Gasteiger charge is -2.38. The first-order valence-corrected chi connectivity index (χ1v) is 6.20. The monoisotopic (exact) mass is 219 g/mol. The summed E-state index contributed by atoms with van der Waals surface area (Å²) in [5.74, 6) is 0. The third-order valence-corrected chi connectivity index (χ3v) is 3.31. The van der Waals surface area contributed by atoms with Gasteiger partial charge in [-0.15, -0.1) is 0 Å². The Labute approximate surface area is 97.9 Å². The van der Waals surface area contributed by atoms with Gasteiger partial charge in [0, 0.05) is 25.0 Å². The fraction of sp³-hybridized carbons (Fsp3) is 0.615. The predicted molar refractivity (Wildman–Crippen MR) is 66.2 cm³/mol. The molecular weight excluding hydrogens is 198 g/mol. The molecule has 1 N–H and O–H groups in total. The molecule has 1 unspecified atom stereocenters. The molecule has 3 nitrogen and oxygen atoms in total. The van der Waals surface area contributed by atoms with Crippen molar-refractivity contribution in [2.45, 2.75) is 32.4 Å². The van der Waals surface area contributed by atoms with Gasteiger partial charge in [0.25, 0.3) is 0 Å². The first-order chi connectivity index (χ1) is 7.86. The van der Waals surface area contributed by atoms with Crippen molar-refractivity contribution >= 4 is 0 Å². The summed E-state index contributed by atoms with van der Waals surface area (Å²) in [4.78, 5) is 6.64. The molecule has 1 aromatic heterocycles. The maximum Gasteiger partial charge on any atom is 0.0312 e. The second-order valence-corrected chi connectivity index (χ2v) is 4.57. The smallest absolute Gasteiger partial charge is 0.0312 e. The van der Waals surface area contributed by atoms with Gasteiger partial charge in [-0.3, -0.25) is 4.98 Å². The molecule has 1 aliphatic rings. The highest BCUT2D eigenvalue weighted by atomic mass is 15.2. The van der Waals surface area contributed by atoms with Crippen molar-refractivity contribution in [1.82, 2.24) is 15.2 Å². The zero-order valence-electron chi connectivity index (χ0n) is 10.0. The number of aromatic nitrogens is 1. The van der Waals surface area contributed by atoms with E-state index in [-0.39, 0.29) is 0 Å². The van der Waals surface area contributed by atoms with Crippen LogP contribution in [0.15, 0.2) is 24.5 Å². The fourth-order valence-corrected chi connectivity index (χ4v) is 2.04. The van der Waals surface area contributed by atoms with Crippen molar-refractivity contribution in [3.63, 3.8) is 0 Å². The fourth-order valence-electron chi connectivity index (χ4n) is 2.04. The van der Waals surface area contributed by atoms with E-state index in [1.165, 1.54) is 31.5 Å². The molecule has 1 fully saturated rings. The molecule has 1 aliphatic heterocycles. The summed E-state index contributed by atoms with van der Waals surface area (Å²) in [5.41, 5.74) is 1.26. The Morgan fingerprint density at radius 1 is 1.56 bits per heavy atom. The highest BCUT2D eigenvalue weighted by Gasteiger charge is 2.21. The molecule has 0 aliphatic carbocycles. The van der Waals surface area contributed by atoms with Crippen LogP contribution in [0, 0.1) is 0 Å². The first kappa shape index (κ1) is 11.6. The number of pyridine rings is 1. The minimum atomic E-state index is 0.818. The van der Waals surface area contributed by atoms with Crippen molar-refractivity contribution in [3.05, 3.63) is 30.1 Å². The summed E-state index contributed by atoms with van der Waals surface area (Å²) >= 11 is 0. The summed E-state index contributed by atoms with van der Waals surface area (Å²) in [5, 5.41) is 3.45. The van der Waals surface area contributed by atoms with Crippen LogP contribution in [0.25, 0.3) is 0 Å². The molecule has 2 rings (SSSR count). The zero-order valence-corrected chi connectivity index (χ0v) is 10.0. The Kier molecular flexibility index (Phi) is 4.31. The van der Waals surface area contributed by atoms with Crippen LogP contribution in [0.4, 0.5) is 0 Å². The van der Waals surface area contributed by atoms with Crippen LogP contribution < -0.4 is 5.32 Å². The Bertz CT molecular complexity index is 299. The molecule has 0 radical (unpaired) electrons. The first-order valence-electron chi connectivity index (χ1n) is 6.20. The van der Waals surface area contributed by atoms with E-state index in [0.717, 1.165) is 19.1 Å². The Morgan fingerprint density at radius 3 is 3.12 bits per heavy atom. The largest absolute Gasteiger partial charge is 0.313 e. The van der Waals surface area contributed by atoms with Gasteiger partial charge in [-0.25, -0.2) is 0 Å². The van der Waals surface area contributed by atoms with Gasteiger partial charge in [-0.05, 0) is 51.0 Å². The Morgan fingerprint density at radius 2 is 2.50 bits per heavy atom. The van der Waals surface area contributed by atoms with Crippen LogP contribution in [-0.4, -0.2) is 35.6 Å². The molecule has 1 saturated heterocycles. The van der Waals surface area contributed by atoms with Gasteiger partial charge in [0.05, 0.1) is 0 Å². The lowest BCUT2D eigenvalue weighted by molar-refractivity contribution is 0.103. The second-order valence-electron chi connectivity index (χ2n) is 4.57. The zero-order chi connectivity index (χ0) is 11.2. The van der Waals surface area contributed by atoms with E-state index in [1.807, 2.05) is 18.5 Å². The van der Waals surface area contributed by atoms with E-state index >= 15 is 0 Å². The molecule has 0 spiro atoms. The van der Waals surface area contributed by atoms with E-state index < -0.39 is 0 Å². The summed E-state index contributed by atoms with van der Waals surface area (Å²) in [6.07, 6.45) is 6.35. The summed E-state index contributed by atoms with van der Waals surface area (Å²) in [7, 11) is 0. The minimum absolute atomic E-state index is 0.818. The quantitative estimate of drug-likeness (QED) is 0.737. The van der Waals surface area contributed by atoms with E-state index in [2.05, 4.69) is 28.2 Å². The van der Waals surface area contributed by atoms with Gasteiger partial charge in [0.2, 0.25) is 0 Å². The van der Waals surface area contributed by atoms with Crippen LogP contribution in [-0.2, 0) is 6.54 Å². The van der Waals surface area contributed by atoms with Crippen molar-refractivity contribution in [2.24, 2.45) is 0 Å². The molecule has 0 aromatic carbocycles. The van der Waals surface area contributed by atoms with Crippen LogP contribution in [0.3, 0.4) is 0 Å². The lowest BCUT2D eigenvalue weighted by Crippen LogP contribution is -2.46. The van der Waals surface area contributed by atoms with Gasteiger partial charge in [-0.2, -0.15) is 0 Å². The lowest BCUT2D eigenvalue weighted by atomic mass is 10.1. The molecule has 1 atom stereocenters. The van der Waals surface area contributed by atoms with Gasteiger partial charge in [0.1, 0.15) is 0 Å². The highest BCUT2D eigenvalue weighted by molar-refractivity contribution is 5.07. The summed E-state index contributed by atoms with van der Waals surface area (Å²) < 4.78 is 0. The van der Waals surface area contributed by atoms with Crippen LogP contribution >= 0.6 is 0 Å². The number of nitrogens with zero attached hydrogens (tertiary/aromatic N) is 2. The molecule has 1 aromatic rings. The standard InChI is InChI=1S/C13H21N3/c1-12-5-9-16(12)8-3-7-15-11-13-4-2-6-14-10-13/h2,4,6,10,12,15H,3,5,7-9,11H2,1H3. The topological polar surface area (TPSA) is 28.2 Å². The second kappa shape index (κ2) is 5.97. The molecule has 88 valence electrons. The van der Waals surface area contributed by atoms with E-state index in [9.17, 15) is 0 Å². The number of rotatable bonds is 6. The van der Waals surface area contributed by atoms with Gasteiger partial charge in [0.15, 0.2) is 0 Å². The predicted octanol–water partition coefficient (Wildman–Crippen LogP) is 1.66. The van der Waals surface area contributed by atoms with E-state index in [1.54, 1.807) is 0 Å². The average molecular weight is 219 g/mol. The average Bonchev–Trinajstić information content (AvgIpc) is 2.33. The number of likely N-dealkylation sites (tertiary alicyclic amines) is 1. The number of hydrogen-bond donors (Lipinski definition) is 1. The van der Waals surface area contributed by atoms with Gasteiger partial charge >= 0.3 is 0 Å². The SMILES string of the molecule is CC1CCN1CCCNCc1cccnc1. The molecule has 0 amide bonds. The van der Waals surface area contributed by atoms with E-state index in [4.69, 9.17) is 0 Å². The van der Waals surface area contributed by atoms with Crippen molar-refractivity contribution < 1.29 is 0 Å². The van der Waals surface area contributed by atoms with Crippen molar-refractivity contribution in [2.75, 3.05) is 19.6 Å². The van der Waals surface area contributed by atoms with Crippen molar-refractivity contribution in [3.8, 4) is 0 Å². The number of nitrogens with one attached hydrogen (secondary N) is 1. The molecular formula is C13H21N3. The maximum atomic E-state index is 4.10. The number of hydrogen-bond acceptors (Lipinski definition) is 3. The van der Waals surface area contributed by atoms with E-state index in [0.29, 0.717) is 0 Å². The van der Waals surface area contributed by atoms with Crippen LogP contribution in [0.5, 0.6) is 0 Å². The summed E-state index contributed by atoms with van der Waals surface area (Å²) in [6.45, 7) is 6.87. The normalized spacial score (nSPS) is 20.7. The third kappa shape index (κ3) is 3.29. The minimum Gasteiger partial charge on any atom is -0.313 e. The Balaban J connectivity index is 1.52. The molecule has 0 saturated carbocycles. The highest BCUT2D eigenvalue weighted by Crippen LogP contribution is 2.15. The third-order valence-electron chi connectivity index (χ3n) is 3.31. The molecule has 16 heavy (non-hydrogen) atoms. The molecule has 2 heterocycles. The molecule has 3 heteroatoms. The van der Waals surface area contributed by atoms with Gasteiger partial charge in [-0.1, -0.05) is 6.07 Å².